The van der Waals surface area contributed by atoms with Crippen molar-refractivity contribution in [3.8, 4) is 5.75 Å². The molecule has 0 spiro atoms. The molecule has 8 heteroatoms. The molecule has 3 atom stereocenters. The van der Waals surface area contributed by atoms with Gasteiger partial charge in [0.25, 0.3) is 0 Å². The first-order valence-electron chi connectivity index (χ1n) is 10.8. The van der Waals surface area contributed by atoms with Crippen molar-refractivity contribution in [1.82, 2.24) is 0 Å². The van der Waals surface area contributed by atoms with Gasteiger partial charge in [0.1, 0.15) is 5.82 Å². The molecule has 0 heterocycles. The molecule has 2 aromatic carbocycles. The minimum absolute atomic E-state index is 0.0950. The molecule has 3 nitrogen and oxygen atoms in total. The van der Waals surface area contributed by atoms with Crippen molar-refractivity contribution in [1.29, 1.82) is 0 Å². The average molecular weight is 529 g/mol. The lowest BCUT2D eigenvalue weighted by Crippen LogP contribution is -2.10. The van der Waals surface area contributed by atoms with Gasteiger partial charge in [-0.25, -0.2) is 4.39 Å². The van der Waals surface area contributed by atoms with Gasteiger partial charge in [-0.15, -0.1) is 11.8 Å². The first-order valence-corrected chi connectivity index (χ1v) is 12.4. The largest absolute Gasteiger partial charge is 0.368 e. The lowest BCUT2D eigenvalue weighted by Gasteiger charge is -2.23. The fourth-order valence-electron chi connectivity index (χ4n) is 3.21. The maximum Gasteiger partial charge on any atom is 0.176 e. The summed E-state index contributed by atoms with van der Waals surface area (Å²) in [5, 5.41) is 10.2. The highest BCUT2D eigenvalue weighted by molar-refractivity contribution is 7.99. The molecule has 184 valence electrons. The van der Waals surface area contributed by atoms with E-state index in [0.717, 1.165) is 11.0 Å². The van der Waals surface area contributed by atoms with Gasteiger partial charge in [0.2, 0.25) is 0 Å². The van der Waals surface area contributed by atoms with Crippen LogP contribution in [-0.4, -0.2) is 18.0 Å². The number of aliphatic hydroxyl groups excluding tert-OH is 1. The monoisotopic (exact) mass is 528 g/mol. The highest BCUT2D eigenvalue weighted by Crippen LogP contribution is 2.48. The lowest BCUT2D eigenvalue weighted by atomic mass is 9.98. The predicted molar refractivity (Wildman–Crippen MR) is 136 cm³/mol. The van der Waals surface area contributed by atoms with Crippen LogP contribution in [0.2, 0.25) is 5.02 Å². The quantitative estimate of drug-likeness (QED) is 0.129. The number of rotatable bonds is 12. The minimum Gasteiger partial charge on any atom is -0.368 e. The number of allylic oxidation sites excluding steroid dienone is 4. The van der Waals surface area contributed by atoms with E-state index in [4.69, 9.17) is 27.9 Å². The summed E-state index contributed by atoms with van der Waals surface area (Å²) in [4.78, 5) is 4.91. The number of aliphatic hydroxyl groups is 1. The van der Waals surface area contributed by atoms with Crippen molar-refractivity contribution < 1.29 is 23.7 Å². The first kappa shape index (κ1) is 28.4. The highest BCUT2D eigenvalue weighted by atomic mass is 35.5. The molecule has 0 saturated heterocycles. The van der Waals surface area contributed by atoms with Gasteiger partial charge in [-0.2, -0.15) is 0 Å². The number of thioether (sulfide) groups is 1. The van der Waals surface area contributed by atoms with Crippen LogP contribution in [0.3, 0.4) is 0 Å². The Kier molecular flexibility index (Phi) is 12.2. The summed E-state index contributed by atoms with van der Waals surface area (Å²) in [5.41, 5.74) is 0.965. The van der Waals surface area contributed by atoms with E-state index < -0.39 is 17.4 Å². The summed E-state index contributed by atoms with van der Waals surface area (Å²) in [5.74, 6) is -0.720. The van der Waals surface area contributed by atoms with E-state index in [1.165, 1.54) is 23.9 Å². The summed E-state index contributed by atoms with van der Waals surface area (Å²) >= 11 is 14.0. The van der Waals surface area contributed by atoms with E-state index in [1.54, 1.807) is 25.1 Å². The van der Waals surface area contributed by atoms with Gasteiger partial charge in [0.15, 0.2) is 12.0 Å². The second-order valence-corrected chi connectivity index (χ2v) is 9.42. The molecule has 0 fully saturated rings. The molecule has 3 unspecified atom stereocenters. The minimum atomic E-state index is -0.874. The predicted octanol–water partition coefficient (Wildman–Crippen LogP) is 8.58. The Balaban J connectivity index is 2.51. The van der Waals surface area contributed by atoms with E-state index in [0.29, 0.717) is 34.2 Å². The zero-order chi connectivity index (χ0) is 25.1. The highest BCUT2D eigenvalue weighted by Gasteiger charge is 2.25. The summed E-state index contributed by atoms with van der Waals surface area (Å²) in [6.07, 6.45) is 6.85. The number of halogens is 4. The number of hydrogen-bond donors (Lipinski definition) is 1. The molecule has 0 aliphatic rings. The fraction of sp³-hybridized carbons (Fsp3) is 0.308. The molecule has 0 saturated carbocycles. The Labute approximate surface area is 214 Å². The van der Waals surface area contributed by atoms with Crippen LogP contribution in [0.4, 0.5) is 8.92 Å². The van der Waals surface area contributed by atoms with Crippen LogP contribution < -0.4 is 4.94 Å². The second kappa shape index (κ2) is 14.5. The molecular formula is C26H28Cl2F2O3S. The van der Waals surface area contributed by atoms with Crippen LogP contribution in [0.25, 0.3) is 0 Å². The maximum absolute atomic E-state index is 14.2. The van der Waals surface area contributed by atoms with Crippen molar-refractivity contribution in [2.45, 2.75) is 43.6 Å². The molecule has 0 amide bonds. The van der Waals surface area contributed by atoms with Gasteiger partial charge >= 0.3 is 0 Å². The normalized spacial score (nSPS) is 15.4. The SMILES string of the molecule is C/C=C(Cl)\C(=C/C(C)/C=C\CC(O)OCC)C(Sc1ccc(Cl)cc1)c1cc(F)ccc1OF. The van der Waals surface area contributed by atoms with E-state index in [1.807, 2.05) is 44.2 Å². The van der Waals surface area contributed by atoms with Gasteiger partial charge in [-0.3, -0.25) is 4.94 Å². The Morgan fingerprint density at radius 2 is 1.91 bits per heavy atom. The van der Waals surface area contributed by atoms with Crippen LogP contribution in [0.5, 0.6) is 5.75 Å². The van der Waals surface area contributed by atoms with Gasteiger partial charge in [-0.1, -0.05) is 54.4 Å². The molecule has 0 aromatic heterocycles. The molecule has 2 aromatic rings. The lowest BCUT2D eigenvalue weighted by molar-refractivity contribution is -0.0911. The third-order valence-electron chi connectivity index (χ3n) is 4.80. The van der Waals surface area contributed by atoms with E-state index in [2.05, 4.69) is 4.94 Å². The van der Waals surface area contributed by atoms with Crippen molar-refractivity contribution in [3.05, 3.63) is 93.8 Å². The van der Waals surface area contributed by atoms with Crippen LogP contribution in [0.1, 0.15) is 38.0 Å². The van der Waals surface area contributed by atoms with Crippen molar-refractivity contribution >= 4 is 35.0 Å². The molecule has 0 radical (unpaired) electrons. The Morgan fingerprint density at radius 3 is 2.53 bits per heavy atom. The number of hydrogen-bond acceptors (Lipinski definition) is 4. The summed E-state index contributed by atoms with van der Waals surface area (Å²) < 4.78 is 32.8. The van der Waals surface area contributed by atoms with E-state index >= 15 is 0 Å². The zero-order valence-corrected chi connectivity index (χ0v) is 21.5. The Morgan fingerprint density at radius 1 is 1.21 bits per heavy atom. The Bertz CT molecular complexity index is 1010. The average Bonchev–Trinajstić information content (AvgIpc) is 2.82. The van der Waals surface area contributed by atoms with Crippen LogP contribution in [0.15, 0.2) is 82.3 Å². The molecule has 0 aliphatic carbocycles. The fourth-order valence-corrected chi connectivity index (χ4v) is 4.78. The molecular weight excluding hydrogens is 501 g/mol. The molecule has 0 aliphatic heterocycles. The zero-order valence-electron chi connectivity index (χ0n) is 19.2. The van der Waals surface area contributed by atoms with Crippen LogP contribution >= 0.6 is 35.0 Å². The van der Waals surface area contributed by atoms with Crippen LogP contribution in [-0.2, 0) is 4.74 Å². The third kappa shape index (κ3) is 8.75. The number of benzene rings is 2. The first-order chi connectivity index (χ1) is 16.3. The third-order valence-corrected chi connectivity index (χ3v) is 6.77. The summed E-state index contributed by atoms with van der Waals surface area (Å²) in [7, 11) is 0. The number of ether oxygens (including phenoxy) is 1. The molecule has 2 rings (SSSR count). The van der Waals surface area contributed by atoms with Crippen LogP contribution in [0, 0.1) is 11.7 Å². The standard InChI is InChI=1S/C26H28Cl2F2O3S/c1-4-23(28)21(15-17(3)7-6-8-25(31)32-5-2)26(34-20-12-9-18(27)10-13-20)22-16-19(29)11-14-24(22)33-30/h4,6-7,9-17,25-26,31H,5,8H2,1-3H3/b7-6-,21-15+,23-4+. The van der Waals surface area contributed by atoms with E-state index in [9.17, 15) is 14.0 Å². The van der Waals surface area contributed by atoms with Gasteiger partial charge < -0.3 is 9.84 Å². The van der Waals surface area contributed by atoms with Crippen molar-refractivity contribution in [3.63, 3.8) is 0 Å². The summed E-state index contributed by atoms with van der Waals surface area (Å²) in [6, 6.07) is 10.8. The molecule has 1 N–H and O–H groups in total. The van der Waals surface area contributed by atoms with E-state index in [-0.39, 0.29) is 11.7 Å². The Hall–Kier alpha value is -1.83. The summed E-state index contributed by atoms with van der Waals surface area (Å²) in [6.45, 7) is 5.97. The maximum atomic E-state index is 14.2. The van der Waals surface area contributed by atoms with Crippen molar-refractivity contribution in [2.24, 2.45) is 5.92 Å². The molecule has 0 bridgehead atoms. The molecule has 34 heavy (non-hydrogen) atoms. The topological polar surface area (TPSA) is 38.7 Å². The van der Waals surface area contributed by atoms with Crippen molar-refractivity contribution in [2.75, 3.05) is 6.61 Å². The second-order valence-electron chi connectivity index (χ2n) is 7.40. The van der Waals surface area contributed by atoms with Gasteiger partial charge in [0.05, 0.1) is 5.25 Å². The van der Waals surface area contributed by atoms with Gasteiger partial charge in [-0.05, 0) is 67.8 Å². The van der Waals surface area contributed by atoms with Gasteiger partial charge in [0, 0.05) is 38.1 Å². The smallest absolute Gasteiger partial charge is 0.176 e.